The molecule has 0 spiro atoms. The second kappa shape index (κ2) is 8.50. The smallest absolute Gasteiger partial charge is 0.330 e. The molecule has 32 heavy (non-hydrogen) atoms. The SMILES string of the molecule is COc1ccc(C(=O)NC2(C(=O)O)Cc3ccccc3C2)cc1-c1cccc(C(C)C)c1. The fraction of sp³-hybridized carbons (Fsp3) is 0.259. The van der Waals surface area contributed by atoms with Crippen LogP contribution in [0.2, 0.25) is 0 Å². The molecule has 3 aromatic rings. The van der Waals surface area contributed by atoms with Gasteiger partial charge in [-0.1, -0.05) is 62.4 Å². The van der Waals surface area contributed by atoms with Crippen molar-refractivity contribution >= 4 is 11.9 Å². The van der Waals surface area contributed by atoms with E-state index in [4.69, 9.17) is 4.74 Å². The predicted octanol–water partition coefficient (Wildman–Crippen LogP) is 4.84. The van der Waals surface area contributed by atoms with Crippen LogP contribution in [0.1, 0.15) is 46.8 Å². The number of carboxylic acids is 1. The average molecular weight is 430 g/mol. The summed E-state index contributed by atoms with van der Waals surface area (Å²) in [6.45, 7) is 4.26. The number of ether oxygens (including phenoxy) is 1. The van der Waals surface area contributed by atoms with E-state index in [1.54, 1.807) is 25.3 Å². The van der Waals surface area contributed by atoms with Crippen molar-refractivity contribution in [1.82, 2.24) is 5.32 Å². The van der Waals surface area contributed by atoms with Crippen LogP contribution in [0.4, 0.5) is 0 Å². The minimum atomic E-state index is -1.35. The Bertz CT molecular complexity index is 1160. The van der Waals surface area contributed by atoms with Gasteiger partial charge in [-0.3, -0.25) is 4.79 Å². The Morgan fingerprint density at radius 2 is 1.66 bits per heavy atom. The molecule has 0 unspecified atom stereocenters. The number of methoxy groups -OCH3 is 1. The first-order valence-corrected chi connectivity index (χ1v) is 10.7. The second-order valence-corrected chi connectivity index (χ2v) is 8.66. The summed E-state index contributed by atoms with van der Waals surface area (Å²) in [6.07, 6.45) is 0.535. The lowest BCUT2D eigenvalue weighted by molar-refractivity contribution is -0.144. The van der Waals surface area contributed by atoms with Gasteiger partial charge in [0.05, 0.1) is 7.11 Å². The Hall–Kier alpha value is -3.60. The van der Waals surface area contributed by atoms with Gasteiger partial charge in [-0.25, -0.2) is 4.79 Å². The third-order valence-corrected chi connectivity index (χ3v) is 6.19. The number of hydrogen-bond acceptors (Lipinski definition) is 3. The van der Waals surface area contributed by atoms with Gasteiger partial charge in [0.25, 0.3) is 5.91 Å². The largest absolute Gasteiger partial charge is 0.496 e. The number of nitrogens with one attached hydrogen (secondary N) is 1. The normalized spacial score (nSPS) is 14.1. The summed E-state index contributed by atoms with van der Waals surface area (Å²) < 4.78 is 5.54. The Morgan fingerprint density at radius 1 is 0.969 bits per heavy atom. The van der Waals surface area contributed by atoms with Gasteiger partial charge in [-0.2, -0.15) is 0 Å². The van der Waals surface area contributed by atoms with Crippen LogP contribution >= 0.6 is 0 Å². The molecule has 0 fully saturated rings. The zero-order chi connectivity index (χ0) is 22.9. The number of rotatable bonds is 6. The molecule has 0 atom stereocenters. The maximum atomic E-state index is 13.2. The Kier molecular flexibility index (Phi) is 5.74. The van der Waals surface area contributed by atoms with E-state index in [2.05, 4.69) is 31.3 Å². The molecule has 5 heteroatoms. The van der Waals surface area contributed by atoms with Crippen LogP contribution in [-0.4, -0.2) is 29.6 Å². The maximum Gasteiger partial charge on any atom is 0.330 e. The molecule has 0 aliphatic heterocycles. The van der Waals surface area contributed by atoms with Crippen molar-refractivity contribution < 1.29 is 19.4 Å². The third-order valence-electron chi connectivity index (χ3n) is 6.19. The number of carbonyl (C=O) groups is 2. The number of fused-ring (bicyclic) bond motifs is 1. The second-order valence-electron chi connectivity index (χ2n) is 8.66. The maximum absolute atomic E-state index is 13.2. The van der Waals surface area contributed by atoms with Crippen LogP contribution in [0, 0.1) is 0 Å². The van der Waals surface area contributed by atoms with Crippen molar-refractivity contribution in [2.75, 3.05) is 7.11 Å². The molecule has 5 nitrogen and oxygen atoms in total. The molecule has 0 saturated heterocycles. The fourth-order valence-electron chi connectivity index (χ4n) is 4.34. The molecule has 1 aliphatic carbocycles. The molecular formula is C27H27NO4. The monoisotopic (exact) mass is 429 g/mol. The first-order valence-electron chi connectivity index (χ1n) is 10.7. The van der Waals surface area contributed by atoms with Gasteiger partial charge in [-0.15, -0.1) is 0 Å². The molecule has 3 aromatic carbocycles. The van der Waals surface area contributed by atoms with Crippen LogP contribution in [0.3, 0.4) is 0 Å². The Balaban J connectivity index is 1.67. The van der Waals surface area contributed by atoms with Crippen molar-refractivity contribution in [3.05, 3.63) is 89.0 Å². The summed E-state index contributed by atoms with van der Waals surface area (Å²) in [7, 11) is 1.60. The molecule has 2 N–H and O–H groups in total. The van der Waals surface area contributed by atoms with Crippen molar-refractivity contribution in [3.63, 3.8) is 0 Å². The fourth-order valence-corrected chi connectivity index (χ4v) is 4.34. The number of carbonyl (C=O) groups excluding carboxylic acids is 1. The minimum Gasteiger partial charge on any atom is -0.496 e. The summed E-state index contributed by atoms with van der Waals surface area (Å²) in [5, 5.41) is 12.8. The molecular weight excluding hydrogens is 402 g/mol. The van der Waals surface area contributed by atoms with Gasteiger partial charge in [-0.05, 0) is 46.4 Å². The van der Waals surface area contributed by atoms with E-state index in [-0.39, 0.29) is 12.8 Å². The van der Waals surface area contributed by atoms with Crippen molar-refractivity contribution in [3.8, 4) is 16.9 Å². The van der Waals surface area contributed by atoms with Crippen molar-refractivity contribution in [1.29, 1.82) is 0 Å². The number of hydrogen-bond donors (Lipinski definition) is 2. The van der Waals surface area contributed by atoms with Crippen LogP contribution < -0.4 is 10.1 Å². The van der Waals surface area contributed by atoms with Crippen LogP contribution in [0.25, 0.3) is 11.1 Å². The Morgan fingerprint density at radius 3 is 2.25 bits per heavy atom. The first-order chi connectivity index (χ1) is 15.3. The van der Waals surface area contributed by atoms with Crippen molar-refractivity contribution in [2.45, 2.75) is 38.1 Å². The number of aliphatic carboxylic acids is 1. The highest BCUT2D eigenvalue weighted by molar-refractivity contribution is 5.99. The molecule has 1 amide bonds. The number of carboxylic acid groups (broad SMARTS) is 1. The van der Waals surface area contributed by atoms with E-state index < -0.39 is 17.4 Å². The predicted molar refractivity (Wildman–Crippen MR) is 124 cm³/mol. The highest BCUT2D eigenvalue weighted by atomic mass is 16.5. The molecule has 0 radical (unpaired) electrons. The Labute approximate surface area is 188 Å². The van der Waals surface area contributed by atoms with Crippen molar-refractivity contribution in [2.24, 2.45) is 0 Å². The lowest BCUT2D eigenvalue weighted by Gasteiger charge is -2.25. The van der Waals surface area contributed by atoms with E-state index in [0.29, 0.717) is 17.2 Å². The zero-order valence-electron chi connectivity index (χ0n) is 18.5. The molecule has 0 aromatic heterocycles. The molecule has 0 saturated carbocycles. The summed E-state index contributed by atoms with van der Waals surface area (Å²) in [6, 6.07) is 20.9. The summed E-state index contributed by atoms with van der Waals surface area (Å²) >= 11 is 0. The van der Waals surface area contributed by atoms with Gasteiger partial charge in [0, 0.05) is 24.0 Å². The van der Waals surface area contributed by atoms with E-state index in [1.807, 2.05) is 36.4 Å². The van der Waals surface area contributed by atoms with Gasteiger partial charge >= 0.3 is 5.97 Å². The van der Waals surface area contributed by atoms with Crippen LogP contribution in [0.5, 0.6) is 5.75 Å². The molecule has 0 heterocycles. The minimum absolute atomic E-state index is 0.268. The van der Waals surface area contributed by atoms with Gasteiger partial charge in [0.1, 0.15) is 11.3 Å². The average Bonchev–Trinajstić information content (AvgIpc) is 3.18. The lowest BCUT2D eigenvalue weighted by Crippen LogP contribution is -2.55. The van der Waals surface area contributed by atoms with Crippen LogP contribution in [0.15, 0.2) is 66.7 Å². The topological polar surface area (TPSA) is 75.6 Å². The summed E-state index contributed by atoms with van der Waals surface area (Å²) in [5.41, 5.74) is 3.89. The number of amides is 1. The highest BCUT2D eigenvalue weighted by Crippen LogP contribution is 2.34. The highest BCUT2D eigenvalue weighted by Gasteiger charge is 2.45. The molecule has 1 aliphatic rings. The summed E-state index contributed by atoms with van der Waals surface area (Å²) in [5.74, 6) is -0.417. The van der Waals surface area contributed by atoms with E-state index >= 15 is 0 Å². The molecule has 4 rings (SSSR count). The third kappa shape index (κ3) is 3.98. The first kappa shape index (κ1) is 21.6. The van der Waals surface area contributed by atoms with Gasteiger partial charge < -0.3 is 15.2 Å². The van der Waals surface area contributed by atoms with E-state index in [0.717, 1.165) is 22.3 Å². The lowest BCUT2D eigenvalue weighted by atomic mass is 9.94. The zero-order valence-corrected chi connectivity index (χ0v) is 18.5. The number of benzene rings is 3. The van der Waals surface area contributed by atoms with E-state index in [9.17, 15) is 14.7 Å². The molecule has 0 bridgehead atoms. The molecule has 164 valence electrons. The van der Waals surface area contributed by atoms with Crippen LogP contribution in [-0.2, 0) is 17.6 Å². The summed E-state index contributed by atoms with van der Waals surface area (Å²) in [4.78, 5) is 25.4. The van der Waals surface area contributed by atoms with Gasteiger partial charge in [0.2, 0.25) is 0 Å². The van der Waals surface area contributed by atoms with Gasteiger partial charge in [0.15, 0.2) is 0 Å². The van der Waals surface area contributed by atoms with E-state index in [1.165, 1.54) is 5.56 Å². The standard InChI is InChI=1S/C27H27NO4/c1-17(2)18-9-6-10-19(13-18)23-14-20(11-12-24(23)32-3)25(29)28-27(26(30)31)15-21-7-4-5-8-22(21)16-27/h4-14,17H,15-16H2,1-3H3,(H,28,29)(H,30,31). The quantitative estimate of drug-likeness (QED) is 0.588.